The summed E-state index contributed by atoms with van der Waals surface area (Å²) in [5.74, 6) is 1.66. The highest BCUT2D eigenvalue weighted by atomic mass is 35.5. The Morgan fingerprint density at radius 2 is 2.05 bits per heavy atom. The average Bonchev–Trinajstić information content (AvgIpc) is 3.48. The number of aromatic amines is 1. The van der Waals surface area contributed by atoms with Crippen LogP contribution in [0.1, 0.15) is 46.0 Å². The lowest BCUT2D eigenvalue weighted by molar-refractivity contribution is 0.184. The summed E-state index contributed by atoms with van der Waals surface area (Å²) >= 11 is 6.33. The van der Waals surface area contributed by atoms with Crippen molar-refractivity contribution in [2.45, 2.75) is 58.5 Å². The summed E-state index contributed by atoms with van der Waals surface area (Å²) in [6, 6.07) is 3.76. The summed E-state index contributed by atoms with van der Waals surface area (Å²) in [6.45, 7) is 5.83. The van der Waals surface area contributed by atoms with Gasteiger partial charge in [-0.15, -0.1) is 0 Å². The van der Waals surface area contributed by atoms with Crippen LogP contribution in [0.25, 0.3) is 33.8 Å². The first kappa shape index (κ1) is 25.4. The fraction of sp³-hybridized carbons (Fsp3) is 0.500. The Hall–Kier alpha value is -3.24. The molecule has 196 valence electrons. The largest absolute Gasteiger partial charge is 0.439 e. The number of imidazole rings is 1. The SMILES string of the molecule is CCC(COC)Nc1nc2cc(-c3noc(=O)[nH]3)nc(-c3cncc(Cl)c3)c2n1CC1CCC(C)CC1. The second-order valence-corrected chi connectivity index (χ2v) is 10.4. The van der Waals surface area contributed by atoms with E-state index in [1.165, 1.54) is 25.7 Å². The molecule has 0 saturated heterocycles. The third-order valence-corrected chi connectivity index (χ3v) is 7.36. The number of hydrogen-bond donors (Lipinski definition) is 2. The van der Waals surface area contributed by atoms with Crippen molar-refractivity contribution in [2.75, 3.05) is 19.0 Å². The fourth-order valence-electron chi connectivity index (χ4n) is 5.06. The summed E-state index contributed by atoms with van der Waals surface area (Å²) < 4.78 is 12.4. The Labute approximate surface area is 219 Å². The second kappa shape index (κ2) is 11.0. The summed E-state index contributed by atoms with van der Waals surface area (Å²) in [7, 11) is 1.70. The van der Waals surface area contributed by atoms with Crippen LogP contribution in [0.3, 0.4) is 0 Å². The molecular formula is C26H32ClN7O3. The number of nitrogens with zero attached hydrogens (tertiary/aromatic N) is 5. The highest BCUT2D eigenvalue weighted by molar-refractivity contribution is 6.30. The molecule has 11 heteroatoms. The van der Waals surface area contributed by atoms with Gasteiger partial charge in [0.15, 0.2) is 0 Å². The molecule has 0 aromatic carbocycles. The van der Waals surface area contributed by atoms with Gasteiger partial charge in [-0.1, -0.05) is 43.4 Å². The van der Waals surface area contributed by atoms with Crippen LogP contribution >= 0.6 is 11.6 Å². The van der Waals surface area contributed by atoms with Gasteiger partial charge in [0.1, 0.15) is 5.69 Å². The van der Waals surface area contributed by atoms with Gasteiger partial charge in [0, 0.05) is 31.6 Å². The first-order valence-electron chi connectivity index (χ1n) is 12.8. The van der Waals surface area contributed by atoms with Gasteiger partial charge in [0.2, 0.25) is 11.8 Å². The number of H-pyrrole nitrogens is 1. The minimum absolute atomic E-state index is 0.0996. The molecule has 10 nitrogen and oxygen atoms in total. The highest BCUT2D eigenvalue weighted by Crippen LogP contribution is 2.36. The molecule has 1 saturated carbocycles. The molecule has 0 amide bonds. The van der Waals surface area contributed by atoms with E-state index < -0.39 is 5.76 Å². The van der Waals surface area contributed by atoms with Crippen molar-refractivity contribution in [1.29, 1.82) is 0 Å². The Kier molecular flexibility index (Phi) is 7.57. The maximum absolute atomic E-state index is 11.7. The van der Waals surface area contributed by atoms with Crippen LogP contribution in [-0.2, 0) is 11.3 Å². The number of methoxy groups -OCH3 is 1. The minimum Gasteiger partial charge on any atom is -0.383 e. The molecule has 0 aliphatic heterocycles. The average molecular weight is 526 g/mol. The van der Waals surface area contributed by atoms with E-state index >= 15 is 0 Å². The van der Waals surface area contributed by atoms with Crippen molar-refractivity contribution in [3.05, 3.63) is 40.1 Å². The number of rotatable bonds is 9. The maximum Gasteiger partial charge on any atom is 0.439 e. The quantitative estimate of drug-likeness (QED) is 0.307. The molecule has 5 rings (SSSR count). The van der Waals surface area contributed by atoms with Crippen molar-refractivity contribution in [3.63, 3.8) is 0 Å². The van der Waals surface area contributed by atoms with Crippen molar-refractivity contribution in [3.8, 4) is 22.8 Å². The Balaban J connectivity index is 1.70. The summed E-state index contributed by atoms with van der Waals surface area (Å²) in [6.07, 6.45) is 9.01. The zero-order valence-corrected chi connectivity index (χ0v) is 22.1. The minimum atomic E-state index is -0.646. The smallest absolute Gasteiger partial charge is 0.383 e. The lowest BCUT2D eigenvalue weighted by atomic mass is 9.83. The van der Waals surface area contributed by atoms with Crippen LogP contribution in [0.5, 0.6) is 0 Å². The van der Waals surface area contributed by atoms with Gasteiger partial charge < -0.3 is 14.6 Å². The molecule has 2 N–H and O–H groups in total. The lowest BCUT2D eigenvalue weighted by Gasteiger charge is -2.28. The second-order valence-electron chi connectivity index (χ2n) is 9.94. The van der Waals surface area contributed by atoms with E-state index in [4.69, 9.17) is 30.8 Å². The fourth-order valence-corrected chi connectivity index (χ4v) is 5.24. The molecule has 4 heterocycles. The van der Waals surface area contributed by atoms with Gasteiger partial charge in [-0.2, -0.15) is 0 Å². The molecule has 0 spiro atoms. The van der Waals surface area contributed by atoms with Gasteiger partial charge >= 0.3 is 5.76 Å². The number of hydrogen-bond acceptors (Lipinski definition) is 8. The topological polar surface area (TPSA) is 124 Å². The van der Waals surface area contributed by atoms with E-state index in [-0.39, 0.29) is 11.9 Å². The third-order valence-electron chi connectivity index (χ3n) is 7.16. The molecule has 1 unspecified atom stereocenters. The van der Waals surface area contributed by atoms with Crippen molar-refractivity contribution in [1.82, 2.24) is 29.7 Å². The van der Waals surface area contributed by atoms with E-state index in [9.17, 15) is 4.79 Å². The molecule has 4 aromatic heterocycles. The van der Waals surface area contributed by atoms with Gasteiger partial charge in [-0.05, 0) is 43.2 Å². The van der Waals surface area contributed by atoms with Gasteiger partial charge in [-0.3, -0.25) is 14.5 Å². The lowest BCUT2D eigenvalue weighted by Crippen LogP contribution is -2.27. The van der Waals surface area contributed by atoms with Crippen LogP contribution in [0.4, 0.5) is 5.95 Å². The number of anilines is 1. The van der Waals surface area contributed by atoms with Gasteiger partial charge in [0.05, 0.1) is 34.4 Å². The molecule has 37 heavy (non-hydrogen) atoms. The number of fused-ring (bicyclic) bond motifs is 1. The molecule has 4 aromatic rings. The predicted molar refractivity (Wildman–Crippen MR) is 143 cm³/mol. The molecule has 1 aliphatic rings. The normalized spacial score (nSPS) is 18.8. The standard InChI is InChI=1S/C26H32ClN7O3/c1-4-19(14-36-3)29-25-31-20-10-21(24-32-26(35)37-33-24)30-22(17-9-18(27)12-28-11-17)23(20)34(25)13-16-7-5-15(2)6-8-16/h9-12,15-16,19H,4-8,13-14H2,1-3H3,(H,29,31)(H,32,33,35). The van der Waals surface area contributed by atoms with E-state index in [2.05, 4.69) is 38.9 Å². The number of aromatic nitrogens is 6. The Bertz CT molecular complexity index is 1420. The molecule has 1 fully saturated rings. The highest BCUT2D eigenvalue weighted by Gasteiger charge is 2.25. The Morgan fingerprint density at radius 1 is 1.24 bits per heavy atom. The zero-order chi connectivity index (χ0) is 25.9. The van der Waals surface area contributed by atoms with Crippen LogP contribution < -0.4 is 11.1 Å². The van der Waals surface area contributed by atoms with E-state index in [0.29, 0.717) is 28.9 Å². The zero-order valence-electron chi connectivity index (χ0n) is 21.3. The number of nitrogens with one attached hydrogen (secondary N) is 2. The molecule has 0 radical (unpaired) electrons. The molecular weight excluding hydrogens is 494 g/mol. The van der Waals surface area contributed by atoms with Crippen LogP contribution in [0, 0.1) is 11.8 Å². The van der Waals surface area contributed by atoms with Crippen LogP contribution in [-0.4, -0.2) is 49.4 Å². The molecule has 1 aliphatic carbocycles. The van der Waals surface area contributed by atoms with E-state index in [1.807, 2.05) is 12.1 Å². The first-order valence-corrected chi connectivity index (χ1v) is 13.2. The third kappa shape index (κ3) is 5.55. The van der Waals surface area contributed by atoms with Gasteiger partial charge in [-0.25, -0.2) is 14.8 Å². The molecule has 0 bridgehead atoms. The summed E-state index contributed by atoms with van der Waals surface area (Å²) in [4.78, 5) is 28.5. The predicted octanol–water partition coefficient (Wildman–Crippen LogP) is 5.15. The van der Waals surface area contributed by atoms with Crippen molar-refractivity contribution >= 4 is 28.6 Å². The number of ether oxygens (including phenoxy) is 1. The van der Waals surface area contributed by atoms with Gasteiger partial charge in [0.25, 0.3) is 0 Å². The molecule has 1 atom stereocenters. The Morgan fingerprint density at radius 3 is 2.73 bits per heavy atom. The first-order chi connectivity index (χ1) is 17.9. The maximum atomic E-state index is 11.7. The van der Waals surface area contributed by atoms with Crippen molar-refractivity contribution < 1.29 is 9.26 Å². The number of pyridine rings is 2. The van der Waals surface area contributed by atoms with E-state index in [0.717, 1.165) is 41.4 Å². The van der Waals surface area contributed by atoms with E-state index in [1.54, 1.807) is 19.5 Å². The van der Waals surface area contributed by atoms with Crippen molar-refractivity contribution in [2.24, 2.45) is 11.8 Å². The summed E-state index contributed by atoms with van der Waals surface area (Å²) in [5.41, 5.74) is 3.46. The van der Waals surface area contributed by atoms with Crippen LogP contribution in [0.15, 0.2) is 33.8 Å². The number of halogens is 1. The van der Waals surface area contributed by atoms with Crippen LogP contribution in [0.2, 0.25) is 5.02 Å². The summed E-state index contributed by atoms with van der Waals surface area (Å²) in [5, 5.41) is 7.96. The monoisotopic (exact) mass is 525 g/mol.